The summed E-state index contributed by atoms with van der Waals surface area (Å²) in [5, 5.41) is 3.36. The number of ether oxygens (including phenoxy) is 4. The summed E-state index contributed by atoms with van der Waals surface area (Å²) in [4.78, 5) is 0. The number of methoxy groups -OCH3 is 4. The van der Waals surface area contributed by atoms with E-state index in [0.29, 0.717) is 23.8 Å². The van der Waals surface area contributed by atoms with E-state index in [1.807, 2.05) is 26.0 Å². The molecule has 1 aromatic carbocycles. The highest BCUT2D eigenvalue weighted by Crippen LogP contribution is 2.38. The van der Waals surface area contributed by atoms with Gasteiger partial charge in [-0.1, -0.05) is 0 Å². The highest BCUT2D eigenvalue weighted by atomic mass is 16.5. The van der Waals surface area contributed by atoms with Gasteiger partial charge in [-0.15, -0.1) is 0 Å². The Morgan fingerprint density at radius 2 is 1.50 bits per heavy atom. The molecule has 5 heteroatoms. The lowest BCUT2D eigenvalue weighted by molar-refractivity contribution is 0.0230. The molecule has 0 unspecified atom stereocenters. The summed E-state index contributed by atoms with van der Waals surface area (Å²) < 4.78 is 21.3. The molecule has 0 aliphatic rings. The molecule has 0 aromatic heterocycles. The van der Waals surface area contributed by atoms with Crippen molar-refractivity contribution in [2.24, 2.45) is 0 Å². The molecule has 20 heavy (non-hydrogen) atoms. The van der Waals surface area contributed by atoms with E-state index in [0.717, 1.165) is 12.1 Å². The van der Waals surface area contributed by atoms with Gasteiger partial charge in [0.2, 0.25) is 5.75 Å². The Morgan fingerprint density at radius 1 is 0.950 bits per heavy atom. The van der Waals surface area contributed by atoms with E-state index in [9.17, 15) is 0 Å². The first-order valence-corrected chi connectivity index (χ1v) is 6.52. The molecule has 0 atom stereocenters. The molecule has 0 aliphatic heterocycles. The zero-order valence-corrected chi connectivity index (χ0v) is 13.2. The molecule has 1 rings (SSSR count). The summed E-state index contributed by atoms with van der Waals surface area (Å²) in [5.41, 5.74) is 0.868. The summed E-state index contributed by atoms with van der Waals surface area (Å²) >= 11 is 0. The fraction of sp³-hybridized carbons (Fsp3) is 0.600. The van der Waals surface area contributed by atoms with Gasteiger partial charge >= 0.3 is 0 Å². The van der Waals surface area contributed by atoms with Gasteiger partial charge in [-0.3, -0.25) is 0 Å². The van der Waals surface area contributed by atoms with Crippen molar-refractivity contribution in [1.82, 2.24) is 5.32 Å². The van der Waals surface area contributed by atoms with Crippen molar-refractivity contribution in [1.29, 1.82) is 0 Å². The summed E-state index contributed by atoms with van der Waals surface area (Å²) in [6, 6.07) is 3.88. The van der Waals surface area contributed by atoms with Crippen LogP contribution in [0.5, 0.6) is 17.2 Å². The van der Waals surface area contributed by atoms with E-state index >= 15 is 0 Å². The standard InChI is InChI=1S/C15H25NO4/c1-15(2,20-6)10-16-9-11-7-12(17-3)14(19-5)13(8-11)18-4/h7-8,16H,9-10H2,1-6H3. The predicted octanol–water partition coefficient (Wildman–Crippen LogP) is 2.23. The van der Waals surface area contributed by atoms with E-state index in [1.165, 1.54) is 0 Å². The van der Waals surface area contributed by atoms with Crippen molar-refractivity contribution >= 4 is 0 Å². The monoisotopic (exact) mass is 283 g/mol. The van der Waals surface area contributed by atoms with Crippen molar-refractivity contribution in [3.8, 4) is 17.2 Å². The summed E-state index contributed by atoms with van der Waals surface area (Å²) in [5.74, 6) is 1.93. The van der Waals surface area contributed by atoms with E-state index in [4.69, 9.17) is 18.9 Å². The number of hydrogen-bond donors (Lipinski definition) is 1. The SMILES string of the molecule is COc1cc(CNCC(C)(C)OC)cc(OC)c1OC. The van der Waals surface area contributed by atoms with Crippen LogP contribution >= 0.6 is 0 Å². The van der Waals surface area contributed by atoms with Gasteiger partial charge < -0.3 is 24.3 Å². The zero-order valence-electron chi connectivity index (χ0n) is 13.2. The fourth-order valence-corrected chi connectivity index (χ4v) is 1.82. The number of nitrogens with one attached hydrogen (secondary N) is 1. The molecule has 1 N–H and O–H groups in total. The Kier molecular flexibility index (Phi) is 6.10. The van der Waals surface area contributed by atoms with E-state index in [2.05, 4.69) is 5.32 Å². The van der Waals surface area contributed by atoms with Crippen LogP contribution in [-0.4, -0.2) is 40.6 Å². The second kappa shape index (κ2) is 7.36. The van der Waals surface area contributed by atoms with E-state index in [1.54, 1.807) is 28.4 Å². The van der Waals surface area contributed by atoms with Gasteiger partial charge in [-0.2, -0.15) is 0 Å². The van der Waals surface area contributed by atoms with Gasteiger partial charge in [-0.25, -0.2) is 0 Å². The maximum absolute atomic E-state index is 5.37. The van der Waals surface area contributed by atoms with E-state index < -0.39 is 0 Å². The second-order valence-corrected chi connectivity index (χ2v) is 5.10. The molecule has 0 fully saturated rings. The second-order valence-electron chi connectivity index (χ2n) is 5.10. The highest BCUT2D eigenvalue weighted by Gasteiger charge is 2.16. The summed E-state index contributed by atoms with van der Waals surface area (Å²) in [6.07, 6.45) is 0. The molecule has 0 saturated heterocycles. The minimum absolute atomic E-state index is 0.194. The quantitative estimate of drug-likeness (QED) is 0.793. The molecule has 0 saturated carbocycles. The largest absolute Gasteiger partial charge is 0.493 e. The van der Waals surface area contributed by atoms with Crippen LogP contribution < -0.4 is 19.5 Å². The Bertz CT molecular complexity index is 407. The molecule has 0 spiro atoms. The average Bonchev–Trinajstić information content (AvgIpc) is 2.45. The van der Waals surface area contributed by atoms with Gasteiger partial charge in [0.1, 0.15) is 0 Å². The predicted molar refractivity (Wildman–Crippen MR) is 78.9 cm³/mol. The maximum atomic E-state index is 5.37. The third-order valence-electron chi connectivity index (χ3n) is 3.16. The third kappa shape index (κ3) is 4.28. The summed E-state index contributed by atoms with van der Waals surface area (Å²) in [7, 11) is 6.53. The van der Waals surface area contributed by atoms with Crippen molar-refractivity contribution in [3.05, 3.63) is 17.7 Å². The van der Waals surface area contributed by atoms with Crippen molar-refractivity contribution in [2.45, 2.75) is 26.0 Å². The molecule has 0 amide bonds. The van der Waals surface area contributed by atoms with Crippen molar-refractivity contribution in [3.63, 3.8) is 0 Å². The number of rotatable bonds is 8. The van der Waals surface area contributed by atoms with Crippen LogP contribution in [0, 0.1) is 0 Å². The van der Waals surface area contributed by atoms with Crippen LogP contribution in [0.15, 0.2) is 12.1 Å². The van der Waals surface area contributed by atoms with Crippen LogP contribution in [0.25, 0.3) is 0 Å². The normalized spacial score (nSPS) is 11.3. The lowest BCUT2D eigenvalue weighted by Gasteiger charge is -2.23. The minimum Gasteiger partial charge on any atom is -0.493 e. The molecule has 0 heterocycles. The van der Waals surface area contributed by atoms with E-state index in [-0.39, 0.29) is 5.60 Å². The Hall–Kier alpha value is -1.46. The van der Waals surface area contributed by atoms with Gasteiger partial charge in [0, 0.05) is 20.2 Å². The minimum atomic E-state index is -0.194. The molecule has 114 valence electrons. The highest BCUT2D eigenvalue weighted by molar-refractivity contribution is 5.53. The van der Waals surface area contributed by atoms with Crippen LogP contribution in [0.3, 0.4) is 0 Å². The van der Waals surface area contributed by atoms with Crippen LogP contribution in [-0.2, 0) is 11.3 Å². The van der Waals surface area contributed by atoms with Crippen LogP contribution in [0.1, 0.15) is 19.4 Å². The van der Waals surface area contributed by atoms with Crippen molar-refractivity contribution < 1.29 is 18.9 Å². The first kappa shape index (κ1) is 16.6. The van der Waals surface area contributed by atoms with Gasteiger partial charge in [0.25, 0.3) is 0 Å². The van der Waals surface area contributed by atoms with Crippen molar-refractivity contribution in [2.75, 3.05) is 35.0 Å². The number of hydrogen-bond acceptors (Lipinski definition) is 5. The Balaban J connectivity index is 2.81. The molecule has 0 bridgehead atoms. The molecular formula is C15H25NO4. The maximum Gasteiger partial charge on any atom is 0.203 e. The van der Waals surface area contributed by atoms with Crippen LogP contribution in [0.4, 0.5) is 0 Å². The smallest absolute Gasteiger partial charge is 0.203 e. The molecule has 1 aromatic rings. The van der Waals surface area contributed by atoms with Gasteiger partial charge in [0.05, 0.1) is 26.9 Å². The molecule has 5 nitrogen and oxygen atoms in total. The topological polar surface area (TPSA) is 49.0 Å². The lowest BCUT2D eigenvalue weighted by Crippen LogP contribution is -2.36. The fourth-order valence-electron chi connectivity index (χ4n) is 1.82. The molecular weight excluding hydrogens is 258 g/mol. The van der Waals surface area contributed by atoms with Gasteiger partial charge in [0.15, 0.2) is 11.5 Å². The third-order valence-corrected chi connectivity index (χ3v) is 3.16. The number of benzene rings is 1. The Labute approximate surface area is 121 Å². The summed E-state index contributed by atoms with van der Waals surface area (Å²) in [6.45, 7) is 5.52. The first-order valence-electron chi connectivity index (χ1n) is 6.52. The molecule has 0 radical (unpaired) electrons. The zero-order chi connectivity index (χ0) is 15.2. The molecule has 0 aliphatic carbocycles. The Morgan fingerprint density at radius 3 is 1.90 bits per heavy atom. The average molecular weight is 283 g/mol. The lowest BCUT2D eigenvalue weighted by atomic mass is 10.1. The van der Waals surface area contributed by atoms with Crippen LogP contribution in [0.2, 0.25) is 0 Å². The van der Waals surface area contributed by atoms with Gasteiger partial charge in [-0.05, 0) is 31.5 Å². The first-order chi connectivity index (χ1) is 9.47.